The molecule has 0 aliphatic carbocycles. The Kier molecular flexibility index (Phi) is 10.9. The summed E-state index contributed by atoms with van der Waals surface area (Å²) in [6, 6.07) is 1.78. The third-order valence-electron chi connectivity index (χ3n) is 6.61. The highest BCUT2D eigenvalue weighted by Crippen LogP contribution is 2.21. The van der Waals surface area contributed by atoms with Gasteiger partial charge in [0, 0.05) is 13.0 Å². The Labute approximate surface area is 215 Å². The Morgan fingerprint density at radius 3 is 2.32 bits per heavy atom. The van der Waals surface area contributed by atoms with Gasteiger partial charge < -0.3 is 36.6 Å². The zero-order chi connectivity index (χ0) is 27.7. The summed E-state index contributed by atoms with van der Waals surface area (Å²) >= 11 is 0. The number of hydrogen-bond donors (Lipinski definition) is 6. The first-order valence-electron chi connectivity index (χ1n) is 12.3. The number of likely N-dealkylation sites (tertiary alicyclic amines) is 1. The van der Waals surface area contributed by atoms with Crippen LogP contribution in [0.2, 0.25) is 0 Å². The van der Waals surface area contributed by atoms with Crippen molar-refractivity contribution < 1.29 is 39.3 Å². The molecule has 204 valence electrons. The standard InChI is InChI=1S/C25H36N4O8/c1-3-14(2)21(25(36)37)28-23(34)19-5-4-12-29(19)24(35)18(10-11-20(31)32)27-22(33)17(26)13-15-6-8-16(30)9-7-15/h6-9,14,17-19,21,30H,3-5,10-13,26H2,1-2H3,(H,27,33)(H,28,34)(H,31,32)(H,36,37). The maximum Gasteiger partial charge on any atom is 0.326 e. The minimum absolute atomic E-state index is 0.0594. The fourth-order valence-corrected chi connectivity index (χ4v) is 4.22. The van der Waals surface area contributed by atoms with Crippen LogP contribution in [0.4, 0.5) is 0 Å². The Balaban J connectivity index is 2.14. The van der Waals surface area contributed by atoms with E-state index in [1.807, 2.05) is 0 Å². The van der Waals surface area contributed by atoms with E-state index in [0.29, 0.717) is 24.8 Å². The molecule has 0 radical (unpaired) electrons. The summed E-state index contributed by atoms with van der Waals surface area (Å²) in [6.45, 7) is 3.72. The molecule has 0 spiro atoms. The van der Waals surface area contributed by atoms with E-state index >= 15 is 0 Å². The molecule has 1 fully saturated rings. The number of aromatic hydroxyl groups is 1. The predicted molar refractivity (Wildman–Crippen MR) is 132 cm³/mol. The molecule has 1 aliphatic rings. The van der Waals surface area contributed by atoms with Gasteiger partial charge in [-0.1, -0.05) is 32.4 Å². The summed E-state index contributed by atoms with van der Waals surface area (Å²) in [6.07, 6.45) is 0.839. The number of benzene rings is 1. The molecule has 5 unspecified atom stereocenters. The normalized spacial score (nSPS) is 18.4. The second-order valence-corrected chi connectivity index (χ2v) is 9.37. The molecular weight excluding hydrogens is 484 g/mol. The lowest BCUT2D eigenvalue weighted by Crippen LogP contribution is -2.57. The van der Waals surface area contributed by atoms with Gasteiger partial charge in [-0.25, -0.2) is 4.79 Å². The average molecular weight is 521 g/mol. The lowest BCUT2D eigenvalue weighted by Gasteiger charge is -2.30. The number of hydrogen-bond acceptors (Lipinski definition) is 7. The molecule has 5 atom stereocenters. The molecule has 1 aromatic rings. The van der Waals surface area contributed by atoms with Gasteiger partial charge in [-0.05, 0) is 49.3 Å². The molecule has 1 heterocycles. The Morgan fingerprint density at radius 1 is 1.11 bits per heavy atom. The van der Waals surface area contributed by atoms with Crippen LogP contribution in [0.25, 0.3) is 0 Å². The first kappa shape index (κ1) is 29.6. The number of carbonyl (C=O) groups excluding carboxylic acids is 3. The van der Waals surface area contributed by atoms with Crippen LogP contribution in [0, 0.1) is 5.92 Å². The molecule has 1 aliphatic heterocycles. The molecule has 7 N–H and O–H groups in total. The summed E-state index contributed by atoms with van der Waals surface area (Å²) in [5, 5.41) is 33.1. The largest absolute Gasteiger partial charge is 0.508 e. The van der Waals surface area contributed by atoms with Crippen LogP contribution in [0.3, 0.4) is 0 Å². The Hall–Kier alpha value is -3.67. The van der Waals surface area contributed by atoms with Gasteiger partial charge >= 0.3 is 11.9 Å². The van der Waals surface area contributed by atoms with Crippen molar-refractivity contribution in [3.63, 3.8) is 0 Å². The van der Waals surface area contributed by atoms with Gasteiger partial charge in [0.2, 0.25) is 17.7 Å². The van der Waals surface area contributed by atoms with Crippen molar-refractivity contribution in [2.45, 2.75) is 76.5 Å². The van der Waals surface area contributed by atoms with Crippen molar-refractivity contribution in [1.82, 2.24) is 15.5 Å². The number of carboxylic acids is 2. The SMILES string of the molecule is CCC(C)C(NC(=O)C1CCCN1C(=O)C(CCC(=O)O)NC(=O)C(N)Cc1ccc(O)cc1)C(=O)O. The van der Waals surface area contributed by atoms with Gasteiger partial charge in [-0.15, -0.1) is 0 Å². The van der Waals surface area contributed by atoms with Crippen molar-refractivity contribution in [3.8, 4) is 5.75 Å². The summed E-state index contributed by atoms with van der Waals surface area (Å²) in [5.74, 6) is -4.50. The van der Waals surface area contributed by atoms with Crippen LogP contribution in [-0.4, -0.2) is 80.6 Å². The van der Waals surface area contributed by atoms with E-state index in [2.05, 4.69) is 10.6 Å². The first-order chi connectivity index (χ1) is 17.4. The zero-order valence-corrected chi connectivity index (χ0v) is 21.1. The zero-order valence-electron chi connectivity index (χ0n) is 21.1. The van der Waals surface area contributed by atoms with Crippen LogP contribution < -0.4 is 16.4 Å². The summed E-state index contributed by atoms with van der Waals surface area (Å²) in [5.41, 5.74) is 6.69. The van der Waals surface area contributed by atoms with Crippen molar-refractivity contribution in [3.05, 3.63) is 29.8 Å². The number of nitrogens with one attached hydrogen (secondary N) is 2. The van der Waals surface area contributed by atoms with E-state index in [9.17, 15) is 34.2 Å². The lowest BCUT2D eigenvalue weighted by atomic mass is 9.98. The highest BCUT2D eigenvalue weighted by atomic mass is 16.4. The third kappa shape index (κ3) is 8.45. The van der Waals surface area contributed by atoms with E-state index in [-0.39, 0.29) is 31.1 Å². The first-order valence-corrected chi connectivity index (χ1v) is 12.3. The summed E-state index contributed by atoms with van der Waals surface area (Å²) in [7, 11) is 0. The van der Waals surface area contributed by atoms with E-state index in [1.165, 1.54) is 17.0 Å². The van der Waals surface area contributed by atoms with Crippen molar-refractivity contribution in [2.75, 3.05) is 6.54 Å². The second kappa shape index (κ2) is 13.6. The molecule has 2 rings (SSSR count). The smallest absolute Gasteiger partial charge is 0.326 e. The Morgan fingerprint density at radius 2 is 1.76 bits per heavy atom. The van der Waals surface area contributed by atoms with Gasteiger partial charge in [-0.3, -0.25) is 19.2 Å². The number of amides is 3. The fourth-order valence-electron chi connectivity index (χ4n) is 4.22. The summed E-state index contributed by atoms with van der Waals surface area (Å²) < 4.78 is 0. The van der Waals surface area contributed by atoms with E-state index in [4.69, 9.17) is 10.8 Å². The van der Waals surface area contributed by atoms with E-state index < -0.39 is 60.2 Å². The number of carboxylic acid groups (broad SMARTS) is 2. The summed E-state index contributed by atoms with van der Waals surface area (Å²) in [4.78, 5) is 63.2. The van der Waals surface area contributed by atoms with E-state index in [1.54, 1.807) is 26.0 Å². The molecule has 0 aromatic heterocycles. The molecule has 0 bridgehead atoms. The Bertz CT molecular complexity index is 983. The van der Waals surface area contributed by atoms with Crippen molar-refractivity contribution in [1.29, 1.82) is 0 Å². The molecule has 12 nitrogen and oxygen atoms in total. The molecule has 3 amide bonds. The average Bonchev–Trinajstić information content (AvgIpc) is 3.35. The fraction of sp³-hybridized carbons (Fsp3) is 0.560. The lowest BCUT2D eigenvalue weighted by molar-refractivity contribution is -0.146. The van der Waals surface area contributed by atoms with Gasteiger partial charge in [-0.2, -0.15) is 0 Å². The van der Waals surface area contributed by atoms with Crippen molar-refractivity contribution in [2.24, 2.45) is 11.7 Å². The number of carbonyl (C=O) groups is 5. The molecule has 1 saturated heterocycles. The van der Waals surface area contributed by atoms with Gasteiger partial charge in [0.15, 0.2) is 0 Å². The van der Waals surface area contributed by atoms with Crippen LogP contribution >= 0.6 is 0 Å². The number of phenols is 1. The predicted octanol–water partition coefficient (Wildman–Crippen LogP) is 0.218. The number of nitrogens with two attached hydrogens (primary N) is 1. The molecule has 37 heavy (non-hydrogen) atoms. The minimum Gasteiger partial charge on any atom is -0.508 e. The monoisotopic (exact) mass is 520 g/mol. The highest BCUT2D eigenvalue weighted by Gasteiger charge is 2.39. The third-order valence-corrected chi connectivity index (χ3v) is 6.61. The van der Waals surface area contributed by atoms with Crippen molar-refractivity contribution >= 4 is 29.7 Å². The second-order valence-electron chi connectivity index (χ2n) is 9.37. The minimum atomic E-state index is -1.23. The van der Waals surface area contributed by atoms with Crippen LogP contribution in [-0.2, 0) is 30.4 Å². The van der Waals surface area contributed by atoms with E-state index in [0.717, 1.165) is 0 Å². The quantitative estimate of drug-likeness (QED) is 0.210. The number of phenolic OH excluding ortho intramolecular Hbond substituents is 1. The molecule has 12 heteroatoms. The molecule has 1 aromatic carbocycles. The van der Waals surface area contributed by atoms with Crippen LogP contribution in [0.15, 0.2) is 24.3 Å². The topological polar surface area (TPSA) is 199 Å². The van der Waals surface area contributed by atoms with Gasteiger partial charge in [0.05, 0.1) is 6.04 Å². The number of nitrogens with zero attached hydrogens (tertiary/aromatic N) is 1. The number of aliphatic carboxylic acids is 2. The van der Waals surface area contributed by atoms with Crippen LogP contribution in [0.1, 0.15) is 51.5 Å². The maximum absolute atomic E-state index is 13.4. The number of rotatable bonds is 13. The molecule has 0 saturated carbocycles. The molecular formula is C25H36N4O8. The van der Waals surface area contributed by atoms with Crippen LogP contribution in [0.5, 0.6) is 5.75 Å². The maximum atomic E-state index is 13.4. The highest BCUT2D eigenvalue weighted by molar-refractivity contribution is 5.94. The van der Waals surface area contributed by atoms with Gasteiger partial charge in [0.25, 0.3) is 0 Å². The van der Waals surface area contributed by atoms with Gasteiger partial charge in [0.1, 0.15) is 23.9 Å².